The van der Waals surface area contributed by atoms with Gasteiger partial charge in [-0.05, 0) is 51.1 Å². The largest absolute Gasteiger partial charge is 0.340 e. The molecule has 0 spiro atoms. The van der Waals surface area contributed by atoms with E-state index in [2.05, 4.69) is 21.7 Å². The van der Waals surface area contributed by atoms with E-state index in [0.717, 1.165) is 44.1 Å². The van der Waals surface area contributed by atoms with Gasteiger partial charge in [0.15, 0.2) is 0 Å². The van der Waals surface area contributed by atoms with Gasteiger partial charge in [-0.15, -0.1) is 0 Å². The standard InChI is InChI=1S/C19H33N3O/c1-20-9-5-4-6-15(20)14-21-10-12-22(13-11-21)19(23)18-16-7-2-3-8-17(16)18/h15-18H,2-14H2,1H3. The molecule has 4 heteroatoms. The van der Waals surface area contributed by atoms with Crippen molar-refractivity contribution < 1.29 is 4.79 Å². The molecular weight excluding hydrogens is 286 g/mol. The molecule has 2 aliphatic carbocycles. The second kappa shape index (κ2) is 6.72. The molecule has 0 aromatic heterocycles. The van der Waals surface area contributed by atoms with Gasteiger partial charge in [0.2, 0.25) is 5.91 Å². The summed E-state index contributed by atoms with van der Waals surface area (Å²) in [6.45, 7) is 6.55. The molecular formula is C19H33N3O. The molecule has 2 saturated carbocycles. The number of carbonyl (C=O) groups excluding carboxylic acids is 1. The van der Waals surface area contributed by atoms with E-state index in [1.165, 1.54) is 58.0 Å². The Morgan fingerprint density at radius 2 is 1.52 bits per heavy atom. The van der Waals surface area contributed by atoms with E-state index in [1.54, 1.807) is 0 Å². The predicted molar refractivity (Wildman–Crippen MR) is 92.2 cm³/mol. The van der Waals surface area contributed by atoms with E-state index in [9.17, 15) is 4.79 Å². The summed E-state index contributed by atoms with van der Waals surface area (Å²) in [6, 6.07) is 0.734. The number of likely N-dealkylation sites (N-methyl/N-ethyl adjacent to an activating group) is 1. The lowest BCUT2D eigenvalue weighted by molar-refractivity contribution is -0.135. The Hall–Kier alpha value is -0.610. The van der Waals surface area contributed by atoms with Crippen LogP contribution in [0, 0.1) is 17.8 Å². The Morgan fingerprint density at radius 1 is 0.870 bits per heavy atom. The van der Waals surface area contributed by atoms with Crippen molar-refractivity contribution in [2.24, 2.45) is 17.8 Å². The van der Waals surface area contributed by atoms with Gasteiger partial charge in [0.05, 0.1) is 0 Å². The van der Waals surface area contributed by atoms with E-state index in [4.69, 9.17) is 0 Å². The molecule has 0 aromatic rings. The van der Waals surface area contributed by atoms with E-state index >= 15 is 0 Å². The smallest absolute Gasteiger partial charge is 0.226 e. The third-order valence-corrected chi connectivity index (χ3v) is 7.02. The third-order valence-electron chi connectivity index (χ3n) is 7.02. The summed E-state index contributed by atoms with van der Waals surface area (Å²) >= 11 is 0. The van der Waals surface area contributed by atoms with Crippen LogP contribution < -0.4 is 0 Å². The van der Waals surface area contributed by atoms with Crippen LogP contribution in [0.15, 0.2) is 0 Å². The first-order valence-corrected chi connectivity index (χ1v) is 9.95. The van der Waals surface area contributed by atoms with Crippen molar-refractivity contribution in [3.63, 3.8) is 0 Å². The summed E-state index contributed by atoms with van der Waals surface area (Å²) in [6.07, 6.45) is 9.43. The maximum Gasteiger partial charge on any atom is 0.226 e. The van der Waals surface area contributed by atoms with Crippen molar-refractivity contribution in [2.75, 3.05) is 46.3 Å². The zero-order valence-corrected chi connectivity index (χ0v) is 14.8. The summed E-state index contributed by atoms with van der Waals surface area (Å²) in [5, 5.41) is 0. The van der Waals surface area contributed by atoms with Crippen LogP contribution in [0.25, 0.3) is 0 Å². The Bertz CT molecular complexity index is 420. The Kier molecular flexibility index (Phi) is 4.64. The number of carbonyl (C=O) groups is 1. The molecule has 4 nitrogen and oxygen atoms in total. The molecule has 130 valence electrons. The zero-order chi connectivity index (χ0) is 15.8. The summed E-state index contributed by atoms with van der Waals surface area (Å²) in [7, 11) is 2.28. The first kappa shape index (κ1) is 15.9. The lowest BCUT2D eigenvalue weighted by Crippen LogP contribution is -2.53. The molecule has 0 aromatic carbocycles. The van der Waals surface area contributed by atoms with Crippen molar-refractivity contribution in [1.82, 2.24) is 14.7 Å². The highest BCUT2D eigenvalue weighted by atomic mass is 16.2. The minimum absolute atomic E-state index is 0.411. The van der Waals surface area contributed by atoms with Gasteiger partial charge in [-0.3, -0.25) is 9.69 Å². The van der Waals surface area contributed by atoms with E-state index in [-0.39, 0.29) is 0 Å². The molecule has 1 amide bonds. The van der Waals surface area contributed by atoms with Crippen molar-refractivity contribution >= 4 is 5.91 Å². The number of hydrogen-bond donors (Lipinski definition) is 0. The molecule has 4 aliphatic rings. The monoisotopic (exact) mass is 319 g/mol. The van der Waals surface area contributed by atoms with Crippen molar-refractivity contribution in [2.45, 2.75) is 51.0 Å². The lowest BCUT2D eigenvalue weighted by atomic mass is 10.0. The first-order chi connectivity index (χ1) is 11.2. The fourth-order valence-electron chi connectivity index (χ4n) is 5.39. The SMILES string of the molecule is CN1CCCCC1CN1CCN(C(=O)C2C3CCCCC32)CC1. The fraction of sp³-hybridized carbons (Fsp3) is 0.947. The summed E-state index contributed by atoms with van der Waals surface area (Å²) in [5.74, 6) is 2.42. The number of piperidine rings is 1. The van der Waals surface area contributed by atoms with Gasteiger partial charge in [-0.25, -0.2) is 0 Å². The quantitative estimate of drug-likeness (QED) is 0.796. The number of amides is 1. The van der Waals surface area contributed by atoms with Crippen LogP contribution in [-0.4, -0.2) is 73.0 Å². The number of rotatable bonds is 3. The zero-order valence-electron chi connectivity index (χ0n) is 14.8. The van der Waals surface area contributed by atoms with Gasteiger partial charge in [0, 0.05) is 44.7 Å². The topological polar surface area (TPSA) is 26.8 Å². The normalized spacial score (nSPS) is 39.1. The average molecular weight is 319 g/mol. The molecule has 2 saturated heterocycles. The van der Waals surface area contributed by atoms with Crippen LogP contribution in [0.4, 0.5) is 0 Å². The molecule has 0 bridgehead atoms. The molecule has 2 heterocycles. The molecule has 23 heavy (non-hydrogen) atoms. The second-order valence-electron chi connectivity index (χ2n) is 8.39. The average Bonchev–Trinajstić information content (AvgIpc) is 3.31. The summed E-state index contributed by atoms with van der Waals surface area (Å²) < 4.78 is 0. The minimum atomic E-state index is 0.411. The van der Waals surface area contributed by atoms with Crippen molar-refractivity contribution in [3.8, 4) is 0 Å². The molecule has 0 radical (unpaired) electrons. The van der Waals surface area contributed by atoms with Crippen molar-refractivity contribution in [3.05, 3.63) is 0 Å². The highest BCUT2D eigenvalue weighted by Gasteiger charge is 2.55. The molecule has 2 aliphatic heterocycles. The lowest BCUT2D eigenvalue weighted by Gasteiger charge is -2.40. The Morgan fingerprint density at radius 3 is 2.17 bits per heavy atom. The maximum atomic E-state index is 12.8. The van der Waals surface area contributed by atoms with Gasteiger partial charge in [0.25, 0.3) is 0 Å². The van der Waals surface area contributed by atoms with Gasteiger partial charge >= 0.3 is 0 Å². The number of likely N-dealkylation sites (tertiary alicyclic amines) is 1. The number of hydrogen-bond acceptors (Lipinski definition) is 3. The highest BCUT2D eigenvalue weighted by Crippen LogP contribution is 2.56. The second-order valence-corrected chi connectivity index (χ2v) is 8.39. The molecule has 3 unspecified atom stereocenters. The summed E-state index contributed by atoms with van der Waals surface area (Å²) in [5.41, 5.74) is 0. The minimum Gasteiger partial charge on any atom is -0.340 e. The van der Waals surface area contributed by atoms with Crippen LogP contribution in [0.3, 0.4) is 0 Å². The fourth-order valence-corrected chi connectivity index (χ4v) is 5.39. The van der Waals surface area contributed by atoms with Gasteiger partial charge < -0.3 is 9.80 Å². The van der Waals surface area contributed by atoms with E-state index in [1.807, 2.05) is 0 Å². The van der Waals surface area contributed by atoms with Gasteiger partial charge in [-0.1, -0.05) is 19.3 Å². The summed E-state index contributed by atoms with van der Waals surface area (Å²) in [4.78, 5) is 20.1. The molecule has 4 fully saturated rings. The van der Waals surface area contributed by atoms with E-state index < -0.39 is 0 Å². The van der Waals surface area contributed by atoms with Gasteiger partial charge in [0.1, 0.15) is 0 Å². The predicted octanol–water partition coefficient (Wildman–Crippen LogP) is 2.05. The molecule has 4 rings (SSSR count). The van der Waals surface area contributed by atoms with Gasteiger partial charge in [-0.2, -0.15) is 0 Å². The van der Waals surface area contributed by atoms with Crippen LogP contribution in [0.5, 0.6) is 0 Å². The van der Waals surface area contributed by atoms with Crippen molar-refractivity contribution in [1.29, 1.82) is 0 Å². The molecule has 3 atom stereocenters. The first-order valence-electron chi connectivity index (χ1n) is 9.95. The van der Waals surface area contributed by atoms with Crippen LogP contribution in [-0.2, 0) is 4.79 Å². The Labute approximate surface area is 141 Å². The number of nitrogens with zero attached hydrogens (tertiary/aromatic N) is 3. The molecule has 0 N–H and O–H groups in total. The van der Waals surface area contributed by atoms with Crippen LogP contribution in [0.2, 0.25) is 0 Å². The van der Waals surface area contributed by atoms with Crippen LogP contribution >= 0.6 is 0 Å². The van der Waals surface area contributed by atoms with Crippen LogP contribution in [0.1, 0.15) is 44.9 Å². The Balaban J connectivity index is 1.24. The third kappa shape index (κ3) is 3.30. The maximum absolute atomic E-state index is 12.8. The number of piperazine rings is 1. The number of fused-ring (bicyclic) bond motifs is 1. The van der Waals surface area contributed by atoms with E-state index in [0.29, 0.717) is 11.8 Å². The highest BCUT2D eigenvalue weighted by molar-refractivity contribution is 5.82.